The zero-order valence-corrected chi connectivity index (χ0v) is 19.5. The third kappa shape index (κ3) is 4.20. The van der Waals surface area contributed by atoms with Crippen LogP contribution in [0.1, 0.15) is 11.5 Å². The van der Waals surface area contributed by atoms with Gasteiger partial charge in [-0.15, -0.1) is 11.3 Å². The van der Waals surface area contributed by atoms with E-state index in [2.05, 4.69) is 9.98 Å². The first kappa shape index (κ1) is 21.5. The molecular formula is C22H15ClN4O4S2. The van der Waals surface area contributed by atoms with Gasteiger partial charge in [0.2, 0.25) is 0 Å². The largest absolute Gasteiger partial charge is 0.495 e. The summed E-state index contributed by atoms with van der Waals surface area (Å²) in [5, 5.41) is 2.61. The van der Waals surface area contributed by atoms with Crippen molar-refractivity contribution in [1.29, 1.82) is 0 Å². The van der Waals surface area contributed by atoms with Crippen molar-refractivity contribution in [3.05, 3.63) is 86.8 Å². The number of nitrogens with zero attached hydrogens (tertiary/aromatic N) is 4. The van der Waals surface area contributed by atoms with Gasteiger partial charge in [0.15, 0.2) is 10.1 Å². The number of aromatic nitrogens is 2. The summed E-state index contributed by atoms with van der Waals surface area (Å²) in [6.07, 6.45) is 4.79. The monoisotopic (exact) mass is 498 g/mol. The summed E-state index contributed by atoms with van der Waals surface area (Å²) >= 11 is 8.98. The number of methoxy groups -OCH3 is 1. The molecule has 0 unspecified atom stereocenters. The van der Waals surface area contributed by atoms with Gasteiger partial charge in [0.25, 0.3) is 11.5 Å². The second-order valence-electron chi connectivity index (χ2n) is 6.83. The molecule has 1 aliphatic heterocycles. The van der Waals surface area contributed by atoms with Gasteiger partial charge in [-0.05, 0) is 30.3 Å². The third-order valence-electron chi connectivity index (χ3n) is 4.75. The van der Waals surface area contributed by atoms with Crippen LogP contribution in [0.2, 0.25) is 5.02 Å². The van der Waals surface area contributed by atoms with Gasteiger partial charge in [-0.3, -0.25) is 18.9 Å². The van der Waals surface area contributed by atoms with Crippen LogP contribution >= 0.6 is 34.7 Å². The molecule has 0 N–H and O–H groups in total. The predicted molar refractivity (Wildman–Crippen MR) is 130 cm³/mol. The Labute approximate surface area is 200 Å². The Morgan fingerprint density at radius 1 is 1.27 bits per heavy atom. The second-order valence-corrected chi connectivity index (χ2v) is 9.05. The van der Waals surface area contributed by atoms with Crippen molar-refractivity contribution in [2.24, 2.45) is 4.99 Å². The number of amidine groups is 1. The molecule has 5 rings (SSSR count). The molecule has 0 atom stereocenters. The molecule has 0 aliphatic carbocycles. The van der Waals surface area contributed by atoms with Gasteiger partial charge < -0.3 is 9.15 Å². The van der Waals surface area contributed by atoms with Crippen molar-refractivity contribution in [1.82, 2.24) is 9.38 Å². The van der Waals surface area contributed by atoms with Gasteiger partial charge in [0.1, 0.15) is 17.2 Å². The van der Waals surface area contributed by atoms with Crippen LogP contribution in [0.5, 0.6) is 5.75 Å². The summed E-state index contributed by atoms with van der Waals surface area (Å²) in [5.74, 6) is 1.04. The number of benzene rings is 1. The van der Waals surface area contributed by atoms with Crippen LogP contribution in [-0.4, -0.2) is 27.6 Å². The van der Waals surface area contributed by atoms with Crippen LogP contribution in [0.15, 0.2) is 74.1 Å². The van der Waals surface area contributed by atoms with E-state index in [0.29, 0.717) is 43.8 Å². The quantitative estimate of drug-likeness (QED) is 0.371. The van der Waals surface area contributed by atoms with Crippen LogP contribution in [0.25, 0.3) is 11.0 Å². The van der Waals surface area contributed by atoms with Crippen molar-refractivity contribution in [3.63, 3.8) is 0 Å². The lowest BCUT2D eigenvalue weighted by atomic mass is 10.2. The SMILES string of the molecule is COc1ccc(N2C(=O)/C(=C\c3ccco3)N=C2SCc2cc(=O)n3ccsc3n2)cc1Cl. The van der Waals surface area contributed by atoms with E-state index in [1.165, 1.54) is 51.8 Å². The summed E-state index contributed by atoms with van der Waals surface area (Å²) in [4.78, 5) is 36.7. The van der Waals surface area contributed by atoms with Crippen LogP contribution in [-0.2, 0) is 10.5 Å². The minimum atomic E-state index is -0.322. The number of fused-ring (bicyclic) bond motifs is 1. The van der Waals surface area contributed by atoms with E-state index in [0.717, 1.165) is 0 Å². The Bertz CT molecular complexity index is 1470. The summed E-state index contributed by atoms with van der Waals surface area (Å²) in [5.41, 5.74) is 1.21. The lowest BCUT2D eigenvalue weighted by Gasteiger charge is -2.18. The average Bonchev–Trinajstić information content (AvgIpc) is 3.54. The van der Waals surface area contributed by atoms with Crippen molar-refractivity contribution in [2.75, 3.05) is 12.0 Å². The highest BCUT2D eigenvalue weighted by atomic mass is 35.5. The van der Waals surface area contributed by atoms with Gasteiger partial charge in [0.05, 0.1) is 29.8 Å². The second kappa shape index (κ2) is 8.89. The summed E-state index contributed by atoms with van der Waals surface area (Å²) in [7, 11) is 1.52. The minimum Gasteiger partial charge on any atom is -0.495 e. The highest BCUT2D eigenvalue weighted by Crippen LogP contribution is 2.35. The lowest BCUT2D eigenvalue weighted by molar-refractivity contribution is -0.113. The topological polar surface area (TPSA) is 89.4 Å². The first-order valence-electron chi connectivity index (χ1n) is 9.64. The predicted octanol–water partition coefficient (Wildman–Crippen LogP) is 4.69. The Morgan fingerprint density at radius 3 is 2.91 bits per heavy atom. The molecule has 1 amide bonds. The molecule has 0 spiro atoms. The maximum Gasteiger partial charge on any atom is 0.283 e. The van der Waals surface area contributed by atoms with Gasteiger partial charge in [-0.1, -0.05) is 23.4 Å². The van der Waals surface area contributed by atoms with Crippen molar-refractivity contribution in [3.8, 4) is 5.75 Å². The van der Waals surface area contributed by atoms with E-state index in [1.807, 2.05) is 0 Å². The number of amides is 1. The number of furan rings is 1. The first-order chi connectivity index (χ1) is 16.0. The molecule has 8 nitrogen and oxygen atoms in total. The normalized spacial score (nSPS) is 15.0. The summed E-state index contributed by atoms with van der Waals surface area (Å²) in [6.45, 7) is 0. The van der Waals surface area contributed by atoms with Gasteiger partial charge in [-0.25, -0.2) is 9.98 Å². The van der Waals surface area contributed by atoms with Crippen molar-refractivity contribution >= 4 is 62.5 Å². The zero-order valence-electron chi connectivity index (χ0n) is 17.1. The zero-order chi connectivity index (χ0) is 22.9. The number of halogens is 1. The minimum absolute atomic E-state index is 0.154. The third-order valence-corrected chi connectivity index (χ3v) is 6.77. The van der Waals surface area contributed by atoms with Crippen molar-refractivity contribution < 1.29 is 13.9 Å². The lowest BCUT2D eigenvalue weighted by Crippen LogP contribution is -2.30. The van der Waals surface area contributed by atoms with E-state index in [-0.39, 0.29) is 17.2 Å². The summed E-state index contributed by atoms with van der Waals surface area (Å²) < 4.78 is 12.0. The molecule has 166 valence electrons. The van der Waals surface area contributed by atoms with E-state index in [4.69, 9.17) is 20.8 Å². The number of ether oxygens (including phenoxy) is 1. The standard InChI is InChI=1S/C22H15ClN4O4S2/c1-30-18-5-4-14(10-16(18)23)27-20(29)17(11-15-3-2-7-31-15)25-22(27)33-12-13-9-19(28)26-6-8-32-21(26)24-13/h2-11H,12H2,1H3/b17-11+. The fraction of sp³-hybridized carbons (Fsp3) is 0.0909. The van der Waals surface area contributed by atoms with E-state index in [9.17, 15) is 9.59 Å². The molecule has 1 aliphatic rings. The van der Waals surface area contributed by atoms with Gasteiger partial charge in [-0.2, -0.15) is 0 Å². The van der Waals surface area contributed by atoms with Crippen LogP contribution in [0, 0.1) is 0 Å². The number of carbonyl (C=O) groups is 1. The fourth-order valence-electron chi connectivity index (χ4n) is 3.22. The molecule has 0 fully saturated rings. The maximum absolute atomic E-state index is 13.3. The Morgan fingerprint density at radius 2 is 2.15 bits per heavy atom. The highest BCUT2D eigenvalue weighted by Gasteiger charge is 2.32. The average molecular weight is 499 g/mol. The maximum atomic E-state index is 13.3. The van der Waals surface area contributed by atoms with Crippen LogP contribution in [0.3, 0.4) is 0 Å². The van der Waals surface area contributed by atoms with E-state index in [1.54, 1.807) is 48.0 Å². The smallest absolute Gasteiger partial charge is 0.283 e. The van der Waals surface area contributed by atoms with Gasteiger partial charge >= 0.3 is 0 Å². The molecule has 33 heavy (non-hydrogen) atoms. The molecule has 0 bridgehead atoms. The number of thioether (sulfide) groups is 1. The van der Waals surface area contributed by atoms with E-state index < -0.39 is 0 Å². The van der Waals surface area contributed by atoms with E-state index >= 15 is 0 Å². The van der Waals surface area contributed by atoms with Crippen LogP contribution < -0.4 is 15.2 Å². The molecule has 4 aromatic rings. The Kier molecular flexibility index (Phi) is 5.79. The molecule has 1 aromatic carbocycles. The van der Waals surface area contributed by atoms with Gasteiger partial charge in [0, 0.05) is 29.5 Å². The summed E-state index contributed by atoms with van der Waals surface area (Å²) in [6, 6.07) is 10.0. The molecule has 0 saturated heterocycles. The number of hydrogen-bond donors (Lipinski definition) is 0. The molecule has 0 saturated carbocycles. The number of anilines is 1. The number of hydrogen-bond acceptors (Lipinski definition) is 8. The molecule has 3 aromatic heterocycles. The number of rotatable bonds is 5. The number of carbonyl (C=O) groups excluding carboxylic acids is 1. The Balaban J connectivity index is 1.49. The highest BCUT2D eigenvalue weighted by molar-refractivity contribution is 8.13. The molecule has 11 heteroatoms. The number of aliphatic imine (C=N–C) groups is 1. The fourth-order valence-corrected chi connectivity index (χ4v) is 5.12. The first-order valence-corrected chi connectivity index (χ1v) is 11.9. The molecule has 0 radical (unpaired) electrons. The number of thiazole rings is 1. The van der Waals surface area contributed by atoms with Crippen molar-refractivity contribution in [2.45, 2.75) is 5.75 Å². The Hall–Kier alpha value is -3.34. The molecular weight excluding hydrogens is 484 g/mol. The van der Waals surface area contributed by atoms with Crippen LogP contribution in [0.4, 0.5) is 5.69 Å². The molecule has 4 heterocycles.